The highest BCUT2D eigenvalue weighted by Gasteiger charge is 2.27. The molecule has 1 saturated heterocycles. The van der Waals surface area contributed by atoms with E-state index < -0.39 is 28.5 Å². The lowest BCUT2D eigenvalue weighted by Gasteiger charge is -2.26. The minimum atomic E-state index is -3.61. The summed E-state index contributed by atoms with van der Waals surface area (Å²) in [6, 6.07) is 4.66. The number of hydrogen-bond donors (Lipinski definition) is 1. The first kappa shape index (κ1) is 21.2. The average Bonchev–Trinajstić information content (AvgIpc) is 2.66. The third-order valence-corrected chi connectivity index (χ3v) is 6.22. The Bertz CT molecular complexity index is 786. The molecular weight excluding hydrogens is 370 g/mol. The van der Waals surface area contributed by atoms with Gasteiger partial charge in [-0.05, 0) is 31.0 Å². The van der Waals surface area contributed by atoms with Crippen molar-refractivity contribution in [3.8, 4) is 0 Å². The van der Waals surface area contributed by atoms with Gasteiger partial charge >= 0.3 is 5.97 Å². The molecule has 8 nitrogen and oxygen atoms in total. The molecule has 0 bridgehead atoms. The standard InChI is InChI=1S/C18H27N3O5S/c1-4-18(23)26-13-17(22)19-15-12-14(8-9-16(15)20(2)3)27(24,25)21-10-6-5-7-11-21/h8-9,12H,4-7,10-11,13H2,1-3H3,(H,19,22). The Labute approximate surface area is 160 Å². The number of ether oxygens (including phenoxy) is 1. The van der Waals surface area contributed by atoms with Gasteiger partial charge in [-0.1, -0.05) is 13.3 Å². The summed E-state index contributed by atoms with van der Waals surface area (Å²) >= 11 is 0. The molecule has 0 unspecified atom stereocenters. The van der Waals surface area contributed by atoms with Crippen LogP contribution in [0.2, 0.25) is 0 Å². The van der Waals surface area contributed by atoms with E-state index in [0.717, 1.165) is 19.3 Å². The van der Waals surface area contributed by atoms with Crippen molar-refractivity contribution >= 4 is 33.3 Å². The van der Waals surface area contributed by atoms with Gasteiger partial charge in [0.15, 0.2) is 6.61 Å². The summed E-state index contributed by atoms with van der Waals surface area (Å²) < 4.78 is 32.1. The molecule has 1 fully saturated rings. The van der Waals surface area contributed by atoms with Gasteiger partial charge in [0.2, 0.25) is 10.0 Å². The van der Waals surface area contributed by atoms with Crippen molar-refractivity contribution in [2.24, 2.45) is 0 Å². The largest absolute Gasteiger partial charge is 0.456 e. The molecule has 0 aliphatic carbocycles. The highest BCUT2D eigenvalue weighted by molar-refractivity contribution is 7.89. The van der Waals surface area contributed by atoms with Crippen LogP contribution in [0.1, 0.15) is 32.6 Å². The van der Waals surface area contributed by atoms with Gasteiger partial charge in [0, 0.05) is 33.6 Å². The zero-order valence-corrected chi connectivity index (χ0v) is 16.8. The van der Waals surface area contributed by atoms with Gasteiger partial charge in [0.05, 0.1) is 16.3 Å². The lowest BCUT2D eigenvalue weighted by atomic mass is 10.2. The number of sulfonamides is 1. The Morgan fingerprint density at radius 3 is 2.44 bits per heavy atom. The van der Waals surface area contributed by atoms with Crippen LogP contribution in [0.25, 0.3) is 0 Å². The SMILES string of the molecule is CCC(=O)OCC(=O)Nc1cc(S(=O)(=O)N2CCCCC2)ccc1N(C)C. The highest BCUT2D eigenvalue weighted by atomic mass is 32.2. The van der Waals surface area contributed by atoms with Gasteiger partial charge in [0.25, 0.3) is 5.91 Å². The van der Waals surface area contributed by atoms with Crippen molar-refractivity contribution in [2.45, 2.75) is 37.5 Å². The van der Waals surface area contributed by atoms with Crippen molar-refractivity contribution in [3.63, 3.8) is 0 Å². The van der Waals surface area contributed by atoms with Crippen LogP contribution in [-0.4, -0.2) is 58.4 Å². The van der Waals surface area contributed by atoms with Crippen LogP contribution >= 0.6 is 0 Å². The fraction of sp³-hybridized carbons (Fsp3) is 0.556. The van der Waals surface area contributed by atoms with E-state index in [1.165, 1.54) is 10.4 Å². The number of nitrogens with one attached hydrogen (secondary N) is 1. The van der Waals surface area contributed by atoms with E-state index >= 15 is 0 Å². The summed E-state index contributed by atoms with van der Waals surface area (Å²) in [5.74, 6) is -0.994. The summed E-state index contributed by atoms with van der Waals surface area (Å²) in [7, 11) is -0.0292. The number of carbonyl (C=O) groups excluding carboxylic acids is 2. The van der Waals surface area contributed by atoms with Crippen LogP contribution in [0.4, 0.5) is 11.4 Å². The van der Waals surface area contributed by atoms with Gasteiger partial charge in [-0.25, -0.2) is 8.42 Å². The molecule has 0 radical (unpaired) electrons. The molecule has 1 aliphatic rings. The molecule has 2 rings (SSSR count). The number of benzene rings is 1. The van der Waals surface area contributed by atoms with Crippen molar-refractivity contribution in [2.75, 3.05) is 44.0 Å². The van der Waals surface area contributed by atoms with E-state index in [-0.39, 0.29) is 11.3 Å². The number of rotatable bonds is 7. The molecule has 27 heavy (non-hydrogen) atoms. The zero-order chi connectivity index (χ0) is 20.0. The van der Waals surface area contributed by atoms with Crippen molar-refractivity contribution < 1.29 is 22.7 Å². The summed E-state index contributed by atoms with van der Waals surface area (Å²) in [6.07, 6.45) is 2.91. The van der Waals surface area contributed by atoms with E-state index in [4.69, 9.17) is 4.74 Å². The number of carbonyl (C=O) groups is 2. The molecule has 0 saturated carbocycles. The number of amides is 1. The Balaban J connectivity index is 2.25. The van der Waals surface area contributed by atoms with Crippen LogP contribution in [0.15, 0.2) is 23.1 Å². The summed E-state index contributed by atoms with van der Waals surface area (Å²) in [4.78, 5) is 25.2. The fourth-order valence-electron chi connectivity index (χ4n) is 2.85. The number of hydrogen-bond acceptors (Lipinski definition) is 6. The normalized spacial score (nSPS) is 15.2. The molecule has 1 aromatic carbocycles. The van der Waals surface area contributed by atoms with Crippen LogP contribution in [0, 0.1) is 0 Å². The molecule has 9 heteroatoms. The molecule has 1 aromatic rings. The summed E-state index contributed by atoms with van der Waals surface area (Å²) in [5.41, 5.74) is 1.01. The first-order valence-electron chi connectivity index (χ1n) is 9.02. The third kappa shape index (κ3) is 5.43. The first-order valence-corrected chi connectivity index (χ1v) is 10.5. The Hall–Kier alpha value is -2.13. The monoisotopic (exact) mass is 397 g/mol. The van der Waals surface area contributed by atoms with Gasteiger partial charge in [0.1, 0.15) is 0 Å². The van der Waals surface area contributed by atoms with E-state index in [0.29, 0.717) is 24.5 Å². The highest BCUT2D eigenvalue weighted by Crippen LogP contribution is 2.30. The number of anilines is 2. The molecule has 150 valence electrons. The lowest BCUT2D eigenvalue weighted by molar-refractivity contribution is -0.146. The molecule has 1 N–H and O–H groups in total. The van der Waals surface area contributed by atoms with E-state index in [9.17, 15) is 18.0 Å². The minimum absolute atomic E-state index is 0.135. The van der Waals surface area contributed by atoms with Crippen LogP contribution < -0.4 is 10.2 Å². The molecule has 0 spiro atoms. The van der Waals surface area contributed by atoms with Crippen molar-refractivity contribution in [1.29, 1.82) is 0 Å². The smallest absolute Gasteiger partial charge is 0.306 e. The summed E-state index contributed by atoms with van der Waals surface area (Å²) in [6.45, 7) is 2.24. The molecular formula is C18H27N3O5S. The number of nitrogens with zero attached hydrogens (tertiary/aromatic N) is 2. The quantitative estimate of drug-likeness (QED) is 0.705. The Kier molecular flexibility index (Phi) is 7.20. The van der Waals surface area contributed by atoms with Gasteiger partial charge in [-0.3, -0.25) is 9.59 Å². The van der Waals surface area contributed by atoms with E-state index in [1.807, 2.05) is 0 Å². The lowest BCUT2D eigenvalue weighted by Crippen LogP contribution is -2.35. The molecule has 1 heterocycles. The number of esters is 1. The molecule has 1 amide bonds. The predicted molar refractivity (Wildman–Crippen MR) is 103 cm³/mol. The molecule has 1 aliphatic heterocycles. The third-order valence-electron chi connectivity index (χ3n) is 4.33. The van der Waals surface area contributed by atoms with Crippen molar-refractivity contribution in [1.82, 2.24) is 4.31 Å². The van der Waals surface area contributed by atoms with Gasteiger partial charge in [-0.15, -0.1) is 0 Å². The average molecular weight is 397 g/mol. The topological polar surface area (TPSA) is 96.0 Å². The summed E-state index contributed by atoms with van der Waals surface area (Å²) in [5, 5.41) is 2.65. The van der Waals surface area contributed by atoms with Crippen LogP contribution in [-0.2, 0) is 24.3 Å². The molecule has 0 atom stereocenters. The zero-order valence-electron chi connectivity index (χ0n) is 16.0. The second-order valence-electron chi connectivity index (χ2n) is 6.60. The molecule has 0 aromatic heterocycles. The van der Waals surface area contributed by atoms with Gasteiger partial charge in [-0.2, -0.15) is 4.31 Å². The number of piperidine rings is 1. The Morgan fingerprint density at radius 1 is 1.19 bits per heavy atom. The van der Waals surface area contributed by atoms with E-state index in [2.05, 4.69) is 5.32 Å². The van der Waals surface area contributed by atoms with Crippen molar-refractivity contribution in [3.05, 3.63) is 18.2 Å². The maximum absolute atomic E-state index is 12.9. The van der Waals surface area contributed by atoms with Crippen LogP contribution in [0.3, 0.4) is 0 Å². The Morgan fingerprint density at radius 2 is 1.85 bits per heavy atom. The maximum Gasteiger partial charge on any atom is 0.306 e. The fourth-order valence-corrected chi connectivity index (χ4v) is 4.40. The maximum atomic E-state index is 12.9. The van der Waals surface area contributed by atoms with Crippen LogP contribution in [0.5, 0.6) is 0 Å². The minimum Gasteiger partial charge on any atom is -0.456 e. The first-order chi connectivity index (χ1) is 12.8. The second-order valence-corrected chi connectivity index (χ2v) is 8.54. The van der Waals surface area contributed by atoms with E-state index in [1.54, 1.807) is 38.1 Å². The second kappa shape index (κ2) is 9.18. The van der Waals surface area contributed by atoms with Gasteiger partial charge < -0.3 is 15.0 Å². The predicted octanol–water partition coefficient (Wildman–Crippen LogP) is 1.82.